The maximum absolute atomic E-state index is 12.7. The van der Waals surface area contributed by atoms with Crippen LogP contribution in [0.25, 0.3) is 21.5 Å². The summed E-state index contributed by atoms with van der Waals surface area (Å²) in [6.07, 6.45) is 0.958. The number of benzene rings is 5. The zero-order valence-electron chi connectivity index (χ0n) is 29.6. The average molecular weight is 885 g/mol. The number of rotatable bonds is 15. The number of nitrogens with zero attached hydrogens (tertiary/aromatic N) is 5. The molecule has 0 amide bonds. The predicted octanol–water partition coefficient (Wildman–Crippen LogP) is 6.23. The summed E-state index contributed by atoms with van der Waals surface area (Å²) in [6.45, 7) is 3.12. The number of aromatic nitrogens is 3. The van der Waals surface area contributed by atoms with E-state index in [0.29, 0.717) is 34.1 Å². The van der Waals surface area contributed by atoms with Crippen LogP contribution in [0.1, 0.15) is 0 Å². The Morgan fingerprint density at radius 3 is 2.12 bits per heavy atom. The van der Waals surface area contributed by atoms with E-state index in [1.54, 1.807) is 36.4 Å². The SMILES string of the molecule is C=CC(=O)OCCNc1nc(Nc2ccc(SO)cc2)nc(Nc2cc(S(=O)(=O)O)cc3cc(S(=O)(=O)O)c(N=Nc4ccc5ccccc5c4S(=O)(=O)O)c(O)c23)n1. The van der Waals surface area contributed by atoms with Crippen molar-refractivity contribution in [3.05, 3.63) is 91.5 Å². The Labute approximate surface area is 338 Å². The number of aromatic hydroxyl groups is 1. The number of nitrogens with one attached hydrogen (secondary N) is 3. The van der Waals surface area contributed by atoms with Crippen molar-refractivity contribution >= 4 is 111 Å². The summed E-state index contributed by atoms with van der Waals surface area (Å²) in [5.41, 5.74) is -1.43. The van der Waals surface area contributed by atoms with Crippen molar-refractivity contribution in [2.45, 2.75) is 19.6 Å². The van der Waals surface area contributed by atoms with Crippen LogP contribution in [0, 0.1) is 0 Å². The molecule has 0 radical (unpaired) electrons. The molecule has 0 fully saturated rings. The smallest absolute Gasteiger partial charge is 0.330 e. The summed E-state index contributed by atoms with van der Waals surface area (Å²) < 4.78 is 120. The van der Waals surface area contributed by atoms with E-state index in [1.165, 1.54) is 18.2 Å². The summed E-state index contributed by atoms with van der Waals surface area (Å²) in [5, 5.41) is 27.3. The minimum atomic E-state index is -5.32. The van der Waals surface area contributed by atoms with Gasteiger partial charge in [0.1, 0.15) is 27.8 Å². The van der Waals surface area contributed by atoms with Crippen molar-refractivity contribution in [3.63, 3.8) is 0 Å². The van der Waals surface area contributed by atoms with Gasteiger partial charge >= 0.3 is 5.97 Å². The second-order valence-corrected chi connectivity index (χ2v) is 16.7. The number of carbonyl (C=O) groups is 1. The zero-order valence-corrected chi connectivity index (χ0v) is 32.8. The molecule has 306 valence electrons. The molecule has 1 aromatic heterocycles. The molecule has 0 bridgehead atoms. The zero-order chi connectivity index (χ0) is 42.7. The molecule has 1 heterocycles. The molecular weight excluding hydrogens is 857 g/mol. The quantitative estimate of drug-likeness (QED) is 0.0141. The molecule has 6 rings (SSSR count). The maximum atomic E-state index is 12.7. The number of phenols is 1. The van der Waals surface area contributed by atoms with Crippen LogP contribution < -0.4 is 16.0 Å². The number of hydrogen-bond acceptors (Lipinski definition) is 19. The van der Waals surface area contributed by atoms with Crippen LogP contribution in [-0.2, 0) is 39.9 Å². The van der Waals surface area contributed by atoms with Gasteiger partial charge in [-0.1, -0.05) is 36.9 Å². The number of hydrogen-bond donors (Lipinski definition) is 8. The molecule has 0 saturated heterocycles. The van der Waals surface area contributed by atoms with Crippen molar-refractivity contribution in [1.82, 2.24) is 15.0 Å². The minimum absolute atomic E-state index is 0.0208. The van der Waals surface area contributed by atoms with Gasteiger partial charge in [0.05, 0.1) is 17.1 Å². The molecule has 0 saturated carbocycles. The van der Waals surface area contributed by atoms with Crippen molar-refractivity contribution in [2.24, 2.45) is 10.2 Å². The van der Waals surface area contributed by atoms with Crippen LogP contribution in [-0.4, -0.2) is 82.6 Å². The fourth-order valence-electron chi connectivity index (χ4n) is 5.47. The highest BCUT2D eigenvalue weighted by atomic mass is 32.2. The largest absolute Gasteiger partial charge is 0.505 e. The molecule has 0 unspecified atom stereocenters. The van der Waals surface area contributed by atoms with E-state index >= 15 is 0 Å². The molecule has 0 atom stereocenters. The molecule has 6 aromatic rings. The van der Waals surface area contributed by atoms with E-state index in [2.05, 4.69) is 47.7 Å². The standard InChI is InChI=1S/C34H28N8O13S4/c1-2-27(43)55-14-13-35-32-38-33(36-20-8-10-21(56-45)11-9-20)40-34(39-32)37-25-17-22(57(46,47)48)15-19-16-26(58(49,50)51)29(30(44)28(19)25)42-41-24-12-7-18-5-3-4-6-23(18)31(24)59(52,53)54/h2-12,15-17,44-45H,1,13-14H2,(H,46,47,48)(H,49,50,51)(H,52,53,54)(H3,35,36,37,38,39,40). The van der Waals surface area contributed by atoms with E-state index in [0.717, 1.165) is 24.3 Å². The molecule has 8 N–H and O–H groups in total. The maximum Gasteiger partial charge on any atom is 0.330 e. The summed E-state index contributed by atoms with van der Waals surface area (Å²) >= 11 is 0.510. The minimum Gasteiger partial charge on any atom is -0.505 e. The number of ether oxygens (including phenoxy) is 1. The third kappa shape index (κ3) is 9.87. The van der Waals surface area contributed by atoms with E-state index in [4.69, 9.17) is 4.74 Å². The van der Waals surface area contributed by atoms with Crippen molar-refractivity contribution < 1.29 is 58.1 Å². The number of azo groups is 1. The van der Waals surface area contributed by atoms with E-state index in [1.807, 2.05) is 0 Å². The molecule has 5 aromatic carbocycles. The second-order valence-electron chi connectivity index (χ2n) is 11.9. The number of esters is 1. The highest BCUT2D eigenvalue weighted by Gasteiger charge is 2.27. The van der Waals surface area contributed by atoms with Gasteiger partial charge in [-0.25, -0.2) is 4.79 Å². The van der Waals surface area contributed by atoms with Gasteiger partial charge in [0.2, 0.25) is 17.8 Å². The van der Waals surface area contributed by atoms with Crippen LogP contribution >= 0.6 is 12.0 Å². The summed E-state index contributed by atoms with van der Waals surface area (Å²) in [7, 11) is -15.4. The van der Waals surface area contributed by atoms with Gasteiger partial charge in [-0.2, -0.15) is 40.2 Å². The lowest BCUT2D eigenvalue weighted by atomic mass is 10.1. The number of carbonyl (C=O) groups excluding carboxylic acids is 1. The Morgan fingerprint density at radius 2 is 1.47 bits per heavy atom. The highest BCUT2D eigenvalue weighted by molar-refractivity contribution is 7.93. The Bertz CT molecular complexity index is 3020. The fourth-order valence-corrected chi connectivity index (χ4v) is 7.77. The topological polar surface area (TPSA) is 329 Å². The predicted molar refractivity (Wildman–Crippen MR) is 214 cm³/mol. The highest BCUT2D eigenvalue weighted by Crippen LogP contribution is 2.46. The average Bonchev–Trinajstić information content (AvgIpc) is 3.17. The van der Waals surface area contributed by atoms with Crippen LogP contribution in [0.5, 0.6) is 5.75 Å². The van der Waals surface area contributed by atoms with Crippen molar-refractivity contribution in [1.29, 1.82) is 0 Å². The lowest BCUT2D eigenvalue weighted by Gasteiger charge is -2.16. The Balaban J connectivity index is 1.52. The van der Waals surface area contributed by atoms with Gasteiger partial charge < -0.3 is 30.3 Å². The fraction of sp³-hybridized carbons (Fsp3) is 0.0588. The van der Waals surface area contributed by atoms with Gasteiger partial charge in [0, 0.05) is 39.5 Å². The molecule has 25 heteroatoms. The van der Waals surface area contributed by atoms with E-state index in [9.17, 15) is 53.4 Å². The third-order valence-electron chi connectivity index (χ3n) is 7.97. The second kappa shape index (κ2) is 16.9. The van der Waals surface area contributed by atoms with Crippen molar-refractivity contribution in [3.8, 4) is 5.75 Å². The van der Waals surface area contributed by atoms with Crippen LogP contribution in [0.3, 0.4) is 0 Å². The lowest BCUT2D eigenvalue weighted by Crippen LogP contribution is -2.15. The van der Waals surface area contributed by atoms with Crippen LogP contribution in [0.2, 0.25) is 0 Å². The first kappa shape index (κ1) is 42.3. The number of fused-ring (bicyclic) bond motifs is 2. The molecule has 0 aliphatic heterocycles. The third-order valence-corrected chi connectivity index (χ3v) is 11.1. The molecular formula is C34H28N8O13S4. The van der Waals surface area contributed by atoms with Crippen molar-refractivity contribution in [2.75, 3.05) is 29.1 Å². The number of anilines is 5. The van der Waals surface area contributed by atoms with Crippen LogP contribution in [0.4, 0.5) is 40.6 Å². The normalized spacial score (nSPS) is 12.1. The van der Waals surface area contributed by atoms with Gasteiger partial charge in [0.15, 0.2) is 5.75 Å². The first-order valence-corrected chi connectivity index (χ1v) is 21.4. The first-order chi connectivity index (χ1) is 27.8. The van der Waals surface area contributed by atoms with Gasteiger partial charge in [0.25, 0.3) is 30.4 Å². The Hall–Kier alpha value is -6.32. The number of phenolic OH excluding ortho intramolecular Hbond substituents is 1. The molecule has 0 aliphatic rings. The summed E-state index contributed by atoms with van der Waals surface area (Å²) in [5.74, 6) is -2.40. The lowest BCUT2D eigenvalue weighted by molar-refractivity contribution is -0.137. The summed E-state index contributed by atoms with van der Waals surface area (Å²) in [4.78, 5) is 22.2. The van der Waals surface area contributed by atoms with Crippen LogP contribution in [0.15, 0.2) is 121 Å². The molecule has 59 heavy (non-hydrogen) atoms. The summed E-state index contributed by atoms with van der Waals surface area (Å²) in [6, 6.07) is 17.2. The van der Waals surface area contributed by atoms with E-state index in [-0.39, 0.29) is 36.4 Å². The van der Waals surface area contributed by atoms with Gasteiger partial charge in [-0.15, -0.1) is 10.2 Å². The Kier molecular flexibility index (Phi) is 12.1. The monoisotopic (exact) mass is 884 g/mol. The first-order valence-electron chi connectivity index (χ1n) is 16.3. The molecule has 0 aliphatic carbocycles. The molecule has 21 nitrogen and oxygen atoms in total. The van der Waals surface area contributed by atoms with E-state index < -0.39 is 84.6 Å². The Morgan fingerprint density at radius 1 is 0.797 bits per heavy atom. The molecule has 0 spiro atoms. The van der Waals surface area contributed by atoms with Gasteiger partial charge in [-0.05, 0) is 59.3 Å². The van der Waals surface area contributed by atoms with Gasteiger partial charge in [-0.3, -0.25) is 13.7 Å².